The third-order valence-corrected chi connectivity index (χ3v) is 5.67. The number of Topliss-reactive ketones (excluding diaryl/α,β-unsaturated/α-hetero) is 1. The molecule has 0 amide bonds. The van der Waals surface area contributed by atoms with Crippen LogP contribution in [0.2, 0.25) is 0 Å². The van der Waals surface area contributed by atoms with E-state index in [0.29, 0.717) is 28.8 Å². The molecule has 2 aromatic heterocycles. The number of carbonyl (C=O) groups is 1. The molecule has 0 aliphatic carbocycles. The van der Waals surface area contributed by atoms with Crippen molar-refractivity contribution in [3.63, 3.8) is 0 Å². The summed E-state index contributed by atoms with van der Waals surface area (Å²) in [6.45, 7) is 0.451. The summed E-state index contributed by atoms with van der Waals surface area (Å²) in [4.78, 5) is 12.8. The van der Waals surface area contributed by atoms with Crippen molar-refractivity contribution in [3.05, 3.63) is 78.3 Å². The summed E-state index contributed by atoms with van der Waals surface area (Å²) >= 11 is 1.33. The van der Waals surface area contributed by atoms with Crippen LogP contribution in [-0.4, -0.2) is 40.5 Å². The second-order valence-corrected chi connectivity index (χ2v) is 7.55. The fourth-order valence-electron chi connectivity index (χ4n) is 3.13. The molecular weight excluding hydrogens is 414 g/mol. The van der Waals surface area contributed by atoms with Gasteiger partial charge in [-0.2, -0.15) is 0 Å². The first kappa shape index (κ1) is 20.7. The molecule has 0 radical (unpaired) electrons. The summed E-state index contributed by atoms with van der Waals surface area (Å²) in [6, 6.07) is 18.5. The summed E-state index contributed by atoms with van der Waals surface area (Å²) in [5.74, 6) is 2.95. The van der Waals surface area contributed by atoms with Gasteiger partial charge in [0.05, 0.1) is 38.3 Å². The van der Waals surface area contributed by atoms with Gasteiger partial charge in [0, 0.05) is 5.56 Å². The van der Waals surface area contributed by atoms with E-state index >= 15 is 0 Å². The maximum atomic E-state index is 12.8. The van der Waals surface area contributed by atoms with Gasteiger partial charge in [-0.15, -0.1) is 10.2 Å². The molecule has 4 rings (SSSR count). The Morgan fingerprint density at radius 3 is 2.52 bits per heavy atom. The third kappa shape index (κ3) is 4.64. The minimum absolute atomic E-state index is 0.0407. The van der Waals surface area contributed by atoms with Crippen LogP contribution >= 0.6 is 11.8 Å². The molecule has 0 saturated heterocycles. The van der Waals surface area contributed by atoms with Crippen LogP contribution in [0.15, 0.2) is 76.5 Å². The van der Waals surface area contributed by atoms with Gasteiger partial charge in [0.15, 0.2) is 16.8 Å². The van der Waals surface area contributed by atoms with Gasteiger partial charge in [-0.3, -0.25) is 9.36 Å². The molecule has 0 N–H and O–H groups in total. The van der Waals surface area contributed by atoms with Gasteiger partial charge < -0.3 is 13.9 Å². The number of furan rings is 1. The summed E-state index contributed by atoms with van der Waals surface area (Å²) in [5, 5.41) is 9.35. The Labute approximate surface area is 184 Å². The number of thioether (sulfide) groups is 1. The van der Waals surface area contributed by atoms with Crippen molar-refractivity contribution in [3.8, 4) is 22.9 Å². The molecule has 2 heterocycles. The fourth-order valence-corrected chi connectivity index (χ4v) is 3.95. The maximum Gasteiger partial charge on any atom is 0.192 e. The third-order valence-electron chi connectivity index (χ3n) is 4.70. The number of methoxy groups -OCH3 is 2. The lowest BCUT2D eigenvalue weighted by atomic mass is 10.1. The number of hydrogen-bond acceptors (Lipinski definition) is 7. The molecule has 158 valence electrons. The number of ether oxygens (including phenoxy) is 2. The highest BCUT2D eigenvalue weighted by atomic mass is 32.2. The van der Waals surface area contributed by atoms with E-state index in [-0.39, 0.29) is 11.5 Å². The van der Waals surface area contributed by atoms with Crippen molar-refractivity contribution >= 4 is 17.5 Å². The number of aromatic nitrogens is 3. The highest BCUT2D eigenvalue weighted by Crippen LogP contribution is 2.28. The number of ketones is 1. The van der Waals surface area contributed by atoms with E-state index in [2.05, 4.69) is 10.2 Å². The van der Waals surface area contributed by atoms with E-state index in [1.54, 1.807) is 32.6 Å². The fraction of sp³-hybridized carbons (Fsp3) is 0.174. The quantitative estimate of drug-likeness (QED) is 0.281. The number of rotatable bonds is 9. The molecule has 8 heteroatoms. The Morgan fingerprint density at radius 1 is 1.00 bits per heavy atom. The highest BCUT2D eigenvalue weighted by molar-refractivity contribution is 7.99. The zero-order valence-corrected chi connectivity index (χ0v) is 18.0. The van der Waals surface area contributed by atoms with E-state index < -0.39 is 0 Å². The van der Waals surface area contributed by atoms with Crippen molar-refractivity contribution < 1.29 is 18.7 Å². The predicted molar refractivity (Wildman–Crippen MR) is 118 cm³/mol. The Balaban J connectivity index is 1.60. The summed E-state index contributed by atoms with van der Waals surface area (Å²) in [7, 11) is 3.18. The van der Waals surface area contributed by atoms with Crippen LogP contribution in [0, 0.1) is 0 Å². The lowest BCUT2D eigenvalue weighted by molar-refractivity contribution is 0.101. The zero-order chi connectivity index (χ0) is 21.6. The van der Waals surface area contributed by atoms with E-state index in [0.717, 1.165) is 17.1 Å². The number of benzene rings is 2. The smallest absolute Gasteiger partial charge is 0.192 e. The lowest BCUT2D eigenvalue weighted by Crippen LogP contribution is -2.07. The standard InChI is InChI=1S/C23H21N3O4S/c1-28-17-11-9-16(10-12-17)22-24-25-23(26(22)14-18-6-5-13-30-18)31-15-20(27)19-7-3-4-8-21(19)29-2/h3-13H,14-15H2,1-2H3. The van der Waals surface area contributed by atoms with Crippen molar-refractivity contribution in [1.82, 2.24) is 14.8 Å². The Hall–Kier alpha value is -3.52. The van der Waals surface area contributed by atoms with Crippen molar-refractivity contribution in [2.75, 3.05) is 20.0 Å². The number of para-hydroxylation sites is 1. The molecule has 2 aromatic carbocycles. The molecule has 7 nitrogen and oxygen atoms in total. The first-order valence-corrected chi connectivity index (χ1v) is 10.6. The van der Waals surface area contributed by atoms with Crippen molar-refractivity contribution in [2.24, 2.45) is 0 Å². The number of hydrogen-bond donors (Lipinski definition) is 0. The molecule has 0 spiro atoms. The van der Waals surface area contributed by atoms with Gasteiger partial charge in [0.25, 0.3) is 0 Å². The molecule has 0 fully saturated rings. The number of nitrogens with zero attached hydrogens (tertiary/aromatic N) is 3. The van der Waals surface area contributed by atoms with Gasteiger partial charge in [0.2, 0.25) is 0 Å². The molecule has 4 aromatic rings. The lowest BCUT2D eigenvalue weighted by Gasteiger charge is -2.10. The van der Waals surface area contributed by atoms with Crippen LogP contribution in [0.3, 0.4) is 0 Å². The van der Waals surface area contributed by atoms with Gasteiger partial charge in [-0.1, -0.05) is 23.9 Å². The molecule has 0 saturated carbocycles. The van der Waals surface area contributed by atoms with Gasteiger partial charge >= 0.3 is 0 Å². The summed E-state index contributed by atoms with van der Waals surface area (Å²) < 4.78 is 18.0. The first-order valence-electron chi connectivity index (χ1n) is 9.58. The first-order chi connectivity index (χ1) is 15.2. The van der Waals surface area contributed by atoms with Gasteiger partial charge in [0.1, 0.15) is 17.3 Å². The average molecular weight is 436 g/mol. The Morgan fingerprint density at radius 2 is 1.81 bits per heavy atom. The molecular formula is C23H21N3O4S. The number of carbonyl (C=O) groups excluding carboxylic acids is 1. The van der Waals surface area contributed by atoms with Crippen LogP contribution in [0.5, 0.6) is 11.5 Å². The molecule has 0 aliphatic heterocycles. The Bertz CT molecular complexity index is 1150. The molecule has 0 aliphatic rings. The van der Waals surface area contributed by atoms with E-state index in [9.17, 15) is 4.79 Å². The summed E-state index contributed by atoms with van der Waals surface area (Å²) in [5.41, 5.74) is 1.44. The topological polar surface area (TPSA) is 79.4 Å². The molecule has 0 unspecified atom stereocenters. The maximum absolute atomic E-state index is 12.8. The SMILES string of the molecule is COc1ccc(-c2nnc(SCC(=O)c3ccccc3OC)n2Cc2ccco2)cc1. The van der Waals surface area contributed by atoms with Crippen LogP contribution < -0.4 is 9.47 Å². The van der Waals surface area contributed by atoms with E-state index in [1.165, 1.54) is 11.8 Å². The van der Waals surface area contributed by atoms with Gasteiger partial charge in [-0.05, 0) is 48.5 Å². The van der Waals surface area contributed by atoms with Crippen LogP contribution in [-0.2, 0) is 6.54 Å². The van der Waals surface area contributed by atoms with Crippen LogP contribution in [0.1, 0.15) is 16.1 Å². The zero-order valence-electron chi connectivity index (χ0n) is 17.1. The Kier molecular flexibility index (Phi) is 6.37. The van der Waals surface area contributed by atoms with Crippen LogP contribution in [0.4, 0.5) is 0 Å². The molecule has 0 bridgehead atoms. The predicted octanol–water partition coefficient (Wildman–Crippen LogP) is 4.58. The minimum Gasteiger partial charge on any atom is -0.497 e. The second kappa shape index (κ2) is 9.53. The second-order valence-electron chi connectivity index (χ2n) is 6.61. The normalized spacial score (nSPS) is 10.8. The molecule has 0 atom stereocenters. The minimum atomic E-state index is -0.0407. The summed E-state index contributed by atoms with van der Waals surface area (Å²) in [6.07, 6.45) is 1.63. The van der Waals surface area contributed by atoms with Crippen molar-refractivity contribution in [2.45, 2.75) is 11.7 Å². The van der Waals surface area contributed by atoms with Crippen molar-refractivity contribution in [1.29, 1.82) is 0 Å². The largest absolute Gasteiger partial charge is 0.497 e. The molecule has 31 heavy (non-hydrogen) atoms. The monoisotopic (exact) mass is 435 g/mol. The van der Waals surface area contributed by atoms with E-state index in [1.807, 2.05) is 53.1 Å². The van der Waals surface area contributed by atoms with Crippen LogP contribution in [0.25, 0.3) is 11.4 Å². The average Bonchev–Trinajstić information content (AvgIpc) is 3.48. The van der Waals surface area contributed by atoms with Gasteiger partial charge in [-0.25, -0.2) is 0 Å². The van der Waals surface area contributed by atoms with E-state index in [4.69, 9.17) is 13.9 Å². The highest BCUT2D eigenvalue weighted by Gasteiger charge is 2.19.